The Morgan fingerprint density at radius 2 is 1.61 bits per heavy atom. The van der Waals surface area contributed by atoms with Gasteiger partial charge < -0.3 is 29.8 Å². The average Bonchev–Trinajstić information content (AvgIpc) is 3.40. The molecule has 2 aliphatic heterocycles. The number of halogens is 3. The number of aromatic nitrogens is 2. The van der Waals surface area contributed by atoms with Gasteiger partial charge in [-0.25, -0.2) is 4.79 Å². The van der Waals surface area contributed by atoms with Crippen LogP contribution in [0.1, 0.15) is 60.5 Å². The molecule has 4 atom stereocenters. The first-order valence-electron chi connectivity index (χ1n) is 15.5. The van der Waals surface area contributed by atoms with Gasteiger partial charge in [-0.1, -0.05) is 102 Å². The monoisotopic (exact) mass is 686 g/mol. The van der Waals surface area contributed by atoms with Gasteiger partial charge in [-0.05, 0) is 41.7 Å². The molecule has 0 spiro atoms. The van der Waals surface area contributed by atoms with E-state index in [4.69, 9.17) is 44.3 Å². The lowest BCUT2D eigenvalue weighted by Gasteiger charge is -2.44. The first-order chi connectivity index (χ1) is 22.1. The van der Waals surface area contributed by atoms with Crippen molar-refractivity contribution < 1.29 is 19.4 Å². The third kappa shape index (κ3) is 7.31. The van der Waals surface area contributed by atoms with Crippen LogP contribution in [0, 0.1) is 5.92 Å². The Balaban J connectivity index is 1.16. The molecule has 1 aromatic heterocycles. The molecule has 3 N–H and O–H groups in total. The summed E-state index contributed by atoms with van der Waals surface area (Å²) in [5.41, 5.74) is 5.30. The van der Waals surface area contributed by atoms with E-state index in [1.807, 2.05) is 77.4 Å². The lowest BCUT2D eigenvalue weighted by molar-refractivity contribution is -0.276. The number of hydrogen-bond donors (Lipinski definition) is 3. The van der Waals surface area contributed by atoms with Crippen molar-refractivity contribution in [2.24, 2.45) is 5.92 Å². The summed E-state index contributed by atoms with van der Waals surface area (Å²) < 4.78 is 13.1. The molecule has 4 aromatic rings. The standard InChI is InChI=1S/C34H37Cl3N4O5/c1-21-29(19-40-16-14-26(15-17-40)41-28-5-3-2-4-27(28)39-33(41)44)45-31(46-30(21)24-10-8-23(20-42)9-11-24)25-12-6-22(7-13-25)18-38-32(43)34(35,36)37/h2-13,21,26,29-31,42H,14-20H2,1H3,(H,38,43)(H,39,44). The average molecular weight is 688 g/mol. The Morgan fingerprint density at radius 1 is 0.957 bits per heavy atom. The molecule has 12 heteroatoms. The Hall–Kier alpha value is -2.89. The Morgan fingerprint density at radius 3 is 2.28 bits per heavy atom. The van der Waals surface area contributed by atoms with Crippen LogP contribution in [-0.4, -0.2) is 55.0 Å². The molecule has 244 valence electrons. The number of carbonyl (C=O) groups excluding carboxylic acids is 1. The maximum Gasteiger partial charge on any atom is 0.326 e. The van der Waals surface area contributed by atoms with Gasteiger partial charge in [0, 0.05) is 43.7 Å². The molecular formula is C34H37Cl3N4O5. The number of ether oxygens (including phenoxy) is 2. The highest BCUT2D eigenvalue weighted by Gasteiger charge is 2.40. The van der Waals surface area contributed by atoms with E-state index < -0.39 is 16.0 Å². The highest BCUT2D eigenvalue weighted by molar-refractivity contribution is 6.76. The van der Waals surface area contributed by atoms with Crippen molar-refractivity contribution in [1.29, 1.82) is 0 Å². The molecule has 9 nitrogen and oxygen atoms in total. The number of hydrogen-bond acceptors (Lipinski definition) is 6. The van der Waals surface area contributed by atoms with Crippen molar-refractivity contribution in [3.05, 3.63) is 106 Å². The third-order valence-electron chi connectivity index (χ3n) is 9.07. The van der Waals surface area contributed by atoms with E-state index in [0.717, 1.165) is 65.8 Å². The van der Waals surface area contributed by atoms with Gasteiger partial charge in [-0.15, -0.1) is 0 Å². The summed E-state index contributed by atoms with van der Waals surface area (Å²) in [4.78, 5) is 30.2. The fourth-order valence-corrected chi connectivity index (χ4v) is 6.66. The molecule has 0 saturated carbocycles. The topological polar surface area (TPSA) is 109 Å². The van der Waals surface area contributed by atoms with Gasteiger partial charge in [0.2, 0.25) is 0 Å². The molecule has 3 aromatic carbocycles. The Bertz CT molecular complexity index is 1700. The number of amides is 1. The largest absolute Gasteiger partial charge is 0.392 e. The summed E-state index contributed by atoms with van der Waals surface area (Å²) in [5.74, 6) is -0.647. The van der Waals surface area contributed by atoms with Crippen LogP contribution in [0.5, 0.6) is 0 Å². The first-order valence-corrected chi connectivity index (χ1v) is 16.6. The number of aliphatic hydroxyl groups excluding tert-OH is 1. The SMILES string of the molecule is CC1C(CN2CCC(n3c(=O)[nH]c4ccccc43)CC2)OC(c2ccc(CNC(=O)C(Cl)(Cl)Cl)cc2)OC1c1ccc(CO)cc1. The minimum Gasteiger partial charge on any atom is -0.392 e. The molecule has 2 fully saturated rings. The molecular weight excluding hydrogens is 651 g/mol. The summed E-state index contributed by atoms with van der Waals surface area (Å²) in [6.07, 6.45) is 0.755. The maximum atomic E-state index is 12.8. The van der Waals surface area contributed by atoms with Crippen LogP contribution < -0.4 is 11.0 Å². The van der Waals surface area contributed by atoms with Crippen LogP contribution in [0.25, 0.3) is 11.0 Å². The fraction of sp³-hybridized carbons (Fsp3) is 0.412. The number of fused-ring (bicyclic) bond motifs is 1. The number of aromatic amines is 1. The van der Waals surface area contributed by atoms with Crippen molar-refractivity contribution in [1.82, 2.24) is 19.8 Å². The number of aliphatic hydroxyl groups is 1. The van der Waals surface area contributed by atoms with Crippen LogP contribution in [0.3, 0.4) is 0 Å². The van der Waals surface area contributed by atoms with Gasteiger partial charge in [0.15, 0.2) is 6.29 Å². The molecule has 0 bridgehead atoms. The number of alkyl halides is 3. The van der Waals surface area contributed by atoms with Gasteiger partial charge in [-0.2, -0.15) is 0 Å². The number of benzene rings is 3. The number of piperidine rings is 1. The van der Waals surface area contributed by atoms with Crippen LogP contribution in [0.2, 0.25) is 0 Å². The number of para-hydroxylation sites is 2. The number of rotatable bonds is 8. The second-order valence-electron chi connectivity index (χ2n) is 12.1. The molecule has 2 saturated heterocycles. The van der Waals surface area contributed by atoms with E-state index >= 15 is 0 Å². The van der Waals surface area contributed by atoms with Crippen molar-refractivity contribution in [3.63, 3.8) is 0 Å². The number of nitrogens with zero attached hydrogens (tertiary/aromatic N) is 2. The number of imidazole rings is 1. The van der Waals surface area contributed by atoms with E-state index in [-0.39, 0.29) is 43.0 Å². The van der Waals surface area contributed by atoms with Crippen molar-refractivity contribution in [3.8, 4) is 0 Å². The highest BCUT2D eigenvalue weighted by atomic mass is 35.6. The van der Waals surface area contributed by atoms with E-state index in [1.54, 1.807) is 0 Å². The molecule has 46 heavy (non-hydrogen) atoms. The number of H-pyrrole nitrogens is 1. The lowest BCUT2D eigenvalue weighted by atomic mass is 9.89. The van der Waals surface area contributed by atoms with E-state index in [1.165, 1.54) is 0 Å². The summed E-state index contributed by atoms with van der Waals surface area (Å²) >= 11 is 17.0. The minimum absolute atomic E-state index is 0.0230. The van der Waals surface area contributed by atoms with Crippen molar-refractivity contribution in [2.75, 3.05) is 19.6 Å². The van der Waals surface area contributed by atoms with Crippen molar-refractivity contribution in [2.45, 2.75) is 61.2 Å². The Labute approximate surface area is 282 Å². The van der Waals surface area contributed by atoms with Crippen molar-refractivity contribution >= 4 is 51.7 Å². The lowest BCUT2D eigenvalue weighted by Crippen LogP contribution is -2.47. The van der Waals surface area contributed by atoms with Crippen LogP contribution in [0.15, 0.2) is 77.6 Å². The molecule has 3 heterocycles. The van der Waals surface area contributed by atoms with E-state index in [9.17, 15) is 14.7 Å². The molecule has 6 rings (SSSR count). The summed E-state index contributed by atoms with van der Waals surface area (Å²) in [7, 11) is 0. The smallest absolute Gasteiger partial charge is 0.326 e. The second kappa shape index (κ2) is 14.1. The predicted molar refractivity (Wildman–Crippen MR) is 179 cm³/mol. The number of carbonyl (C=O) groups is 1. The molecule has 4 unspecified atom stereocenters. The zero-order chi connectivity index (χ0) is 32.4. The molecule has 1 amide bonds. The zero-order valence-corrected chi connectivity index (χ0v) is 27.6. The Kier molecular flexibility index (Phi) is 10.1. The first kappa shape index (κ1) is 33.0. The second-order valence-corrected chi connectivity index (χ2v) is 14.4. The van der Waals surface area contributed by atoms with Crippen LogP contribution >= 0.6 is 34.8 Å². The number of nitrogens with one attached hydrogen (secondary N) is 2. The van der Waals surface area contributed by atoms with E-state index in [2.05, 4.69) is 22.1 Å². The minimum atomic E-state index is -2.02. The normalized spacial score (nSPS) is 23.1. The highest BCUT2D eigenvalue weighted by Crippen LogP contribution is 2.42. The molecule has 0 aliphatic carbocycles. The summed E-state index contributed by atoms with van der Waals surface area (Å²) in [6.45, 7) is 4.76. The summed E-state index contributed by atoms with van der Waals surface area (Å²) in [5, 5.41) is 12.2. The maximum absolute atomic E-state index is 12.8. The van der Waals surface area contributed by atoms with Gasteiger partial charge in [0.1, 0.15) is 0 Å². The van der Waals surface area contributed by atoms with E-state index in [0.29, 0.717) is 0 Å². The van der Waals surface area contributed by atoms with Crippen LogP contribution in [-0.2, 0) is 27.4 Å². The van der Waals surface area contributed by atoms with Gasteiger partial charge in [-0.3, -0.25) is 9.36 Å². The summed E-state index contributed by atoms with van der Waals surface area (Å²) in [6, 6.07) is 23.4. The quantitative estimate of drug-likeness (QED) is 0.198. The fourth-order valence-electron chi connectivity index (χ4n) is 6.45. The van der Waals surface area contributed by atoms with Crippen LogP contribution in [0.4, 0.5) is 0 Å². The third-order valence-corrected chi connectivity index (χ3v) is 9.59. The van der Waals surface area contributed by atoms with Gasteiger partial charge in [0.05, 0.1) is 29.8 Å². The van der Waals surface area contributed by atoms with Gasteiger partial charge in [0.25, 0.3) is 9.70 Å². The van der Waals surface area contributed by atoms with Gasteiger partial charge >= 0.3 is 5.69 Å². The molecule has 2 aliphatic rings. The predicted octanol–water partition coefficient (Wildman–Crippen LogP) is 5.94. The zero-order valence-electron chi connectivity index (χ0n) is 25.4. The molecule has 0 radical (unpaired) electrons. The number of likely N-dealkylation sites (tertiary alicyclic amines) is 1.